The highest BCUT2D eigenvalue weighted by Gasteiger charge is 2.05. The fraction of sp³-hybridized carbons (Fsp3) is 0.429. The van der Waals surface area contributed by atoms with Crippen molar-refractivity contribution >= 4 is 41.0 Å². The molecule has 0 saturated carbocycles. The quantitative estimate of drug-likeness (QED) is 0.714. The normalized spacial score (nSPS) is 10.2. The Labute approximate surface area is 124 Å². The van der Waals surface area contributed by atoms with E-state index in [0.29, 0.717) is 12.4 Å². The maximum atomic E-state index is 11.8. The van der Waals surface area contributed by atoms with Crippen LogP contribution in [-0.2, 0) is 4.79 Å². The monoisotopic (exact) mass is 296 g/mol. The number of carbonyl (C=O) groups is 1. The smallest absolute Gasteiger partial charge is 0.224 e. The lowest BCUT2D eigenvalue weighted by atomic mass is 10.1. The number of hydrogen-bond acceptors (Lipinski definition) is 3. The zero-order valence-corrected chi connectivity index (χ0v) is 12.4. The van der Waals surface area contributed by atoms with Crippen LogP contribution in [0.3, 0.4) is 0 Å². The number of nitrogen functional groups attached to an aromatic ring is 1. The Morgan fingerprint density at radius 3 is 2.90 bits per heavy atom. The molecule has 0 radical (unpaired) electrons. The number of fused-ring (bicyclic) bond motifs is 1. The van der Waals surface area contributed by atoms with E-state index >= 15 is 0 Å². The second-order valence-corrected chi connectivity index (χ2v) is 4.71. The van der Waals surface area contributed by atoms with Gasteiger partial charge in [-0.1, -0.05) is 26.2 Å². The second kappa shape index (κ2) is 7.75. The van der Waals surface area contributed by atoms with Crippen molar-refractivity contribution in [2.75, 3.05) is 11.1 Å². The maximum Gasteiger partial charge on any atom is 0.224 e. The summed E-state index contributed by atoms with van der Waals surface area (Å²) in [4.78, 5) is 18.8. The van der Waals surface area contributed by atoms with Crippen molar-refractivity contribution in [2.24, 2.45) is 0 Å². The van der Waals surface area contributed by atoms with E-state index in [9.17, 15) is 4.79 Å². The Morgan fingerprint density at radius 1 is 1.35 bits per heavy atom. The van der Waals surface area contributed by atoms with E-state index in [-0.39, 0.29) is 18.3 Å². The molecule has 4 N–H and O–H groups in total. The first kappa shape index (κ1) is 16.3. The molecule has 0 aliphatic rings. The minimum absolute atomic E-state index is 0. The number of nitrogens with one attached hydrogen (secondary N) is 2. The van der Waals surface area contributed by atoms with Crippen LogP contribution in [-0.4, -0.2) is 15.9 Å². The highest BCUT2D eigenvalue weighted by molar-refractivity contribution is 5.93. The van der Waals surface area contributed by atoms with Crippen molar-refractivity contribution in [3.05, 3.63) is 18.2 Å². The number of aromatic nitrogens is 2. The molecule has 6 heteroatoms. The number of anilines is 2. The first-order chi connectivity index (χ1) is 9.19. The summed E-state index contributed by atoms with van der Waals surface area (Å²) in [6, 6.07) is 5.53. The molecular weight excluding hydrogens is 276 g/mol. The summed E-state index contributed by atoms with van der Waals surface area (Å²) in [6.45, 7) is 2.16. The summed E-state index contributed by atoms with van der Waals surface area (Å²) in [5.74, 6) is 0.445. The molecule has 0 aliphatic heterocycles. The summed E-state index contributed by atoms with van der Waals surface area (Å²) in [5, 5.41) is 2.89. The van der Waals surface area contributed by atoms with Gasteiger partial charge in [0.25, 0.3) is 0 Å². The van der Waals surface area contributed by atoms with E-state index in [0.717, 1.165) is 29.6 Å². The van der Waals surface area contributed by atoms with Crippen LogP contribution in [0.1, 0.15) is 39.0 Å². The number of hydrogen-bond donors (Lipinski definition) is 3. The zero-order valence-electron chi connectivity index (χ0n) is 11.6. The van der Waals surface area contributed by atoms with Crippen molar-refractivity contribution in [3.63, 3.8) is 0 Å². The summed E-state index contributed by atoms with van der Waals surface area (Å²) in [5.41, 5.74) is 8.00. The van der Waals surface area contributed by atoms with E-state index in [1.807, 2.05) is 18.2 Å². The number of rotatable bonds is 6. The van der Waals surface area contributed by atoms with Crippen LogP contribution in [0.5, 0.6) is 0 Å². The number of H-pyrrole nitrogens is 1. The van der Waals surface area contributed by atoms with Gasteiger partial charge < -0.3 is 16.0 Å². The largest absolute Gasteiger partial charge is 0.369 e. The lowest BCUT2D eigenvalue weighted by Gasteiger charge is -2.04. The van der Waals surface area contributed by atoms with E-state index in [4.69, 9.17) is 5.73 Å². The molecule has 1 heterocycles. The van der Waals surface area contributed by atoms with Crippen molar-refractivity contribution in [3.8, 4) is 0 Å². The molecule has 0 atom stereocenters. The van der Waals surface area contributed by atoms with Gasteiger partial charge in [0, 0.05) is 12.1 Å². The number of carbonyl (C=O) groups excluding carboxylic acids is 1. The van der Waals surface area contributed by atoms with Gasteiger partial charge in [-0.25, -0.2) is 4.98 Å². The molecule has 1 aromatic carbocycles. The van der Waals surface area contributed by atoms with E-state index in [1.165, 1.54) is 12.8 Å². The minimum Gasteiger partial charge on any atom is -0.369 e. The number of benzene rings is 1. The number of halogens is 1. The summed E-state index contributed by atoms with van der Waals surface area (Å²) in [7, 11) is 0. The Balaban J connectivity index is 0.00000200. The molecule has 5 nitrogen and oxygen atoms in total. The lowest BCUT2D eigenvalue weighted by Crippen LogP contribution is -2.10. The van der Waals surface area contributed by atoms with Crippen LogP contribution < -0.4 is 11.1 Å². The van der Waals surface area contributed by atoms with Crippen LogP contribution in [0.2, 0.25) is 0 Å². The van der Waals surface area contributed by atoms with Crippen molar-refractivity contribution < 1.29 is 4.79 Å². The number of aromatic amines is 1. The van der Waals surface area contributed by atoms with Crippen LogP contribution >= 0.6 is 12.4 Å². The minimum atomic E-state index is 0. The third kappa shape index (κ3) is 4.42. The topological polar surface area (TPSA) is 83.8 Å². The zero-order chi connectivity index (χ0) is 13.7. The fourth-order valence-corrected chi connectivity index (χ4v) is 2.04. The van der Waals surface area contributed by atoms with Crippen LogP contribution in [0.25, 0.3) is 11.0 Å². The third-order valence-corrected chi connectivity index (χ3v) is 3.04. The molecule has 1 aromatic heterocycles. The van der Waals surface area contributed by atoms with Gasteiger partial charge in [-0.2, -0.15) is 0 Å². The second-order valence-electron chi connectivity index (χ2n) is 4.71. The Hall–Kier alpha value is -1.75. The number of nitrogens with zero attached hydrogens (tertiary/aromatic N) is 1. The molecule has 2 rings (SSSR count). The third-order valence-electron chi connectivity index (χ3n) is 3.04. The van der Waals surface area contributed by atoms with Crippen LogP contribution in [0, 0.1) is 0 Å². The van der Waals surface area contributed by atoms with Crippen LogP contribution in [0.15, 0.2) is 18.2 Å². The fourth-order valence-electron chi connectivity index (χ4n) is 2.04. The highest BCUT2D eigenvalue weighted by atomic mass is 35.5. The molecule has 20 heavy (non-hydrogen) atoms. The summed E-state index contributed by atoms with van der Waals surface area (Å²) in [6.07, 6.45) is 4.99. The molecule has 0 unspecified atom stereocenters. The molecule has 0 bridgehead atoms. The Kier molecular flexibility index (Phi) is 6.31. The number of nitrogens with two attached hydrogens (primary N) is 1. The van der Waals surface area contributed by atoms with Gasteiger partial charge >= 0.3 is 0 Å². The van der Waals surface area contributed by atoms with Crippen molar-refractivity contribution in [1.82, 2.24) is 9.97 Å². The number of imidazole rings is 1. The van der Waals surface area contributed by atoms with E-state index < -0.39 is 0 Å². The first-order valence-electron chi connectivity index (χ1n) is 6.74. The SMILES string of the molecule is CCCCCCC(=O)Nc1ccc2nc(N)[nH]c2c1.Cl. The van der Waals surface area contributed by atoms with Gasteiger partial charge in [0.05, 0.1) is 11.0 Å². The van der Waals surface area contributed by atoms with Crippen molar-refractivity contribution in [2.45, 2.75) is 39.0 Å². The number of unbranched alkanes of at least 4 members (excludes halogenated alkanes) is 3. The Morgan fingerprint density at radius 2 is 2.15 bits per heavy atom. The standard InChI is InChI=1S/C14H20N4O.ClH/c1-2-3-4-5-6-13(19)16-10-7-8-11-12(9-10)18-14(15)17-11;/h7-9H,2-6H2,1H3,(H,16,19)(H3,15,17,18);1H. The van der Waals surface area contributed by atoms with Gasteiger partial charge in [0.1, 0.15) is 0 Å². The van der Waals surface area contributed by atoms with Crippen molar-refractivity contribution in [1.29, 1.82) is 0 Å². The average Bonchev–Trinajstić information content (AvgIpc) is 2.74. The van der Waals surface area contributed by atoms with E-state index in [1.54, 1.807) is 0 Å². The number of amides is 1. The average molecular weight is 297 g/mol. The molecule has 0 aliphatic carbocycles. The predicted octanol–water partition coefficient (Wildman–Crippen LogP) is 3.48. The molecule has 1 amide bonds. The molecule has 110 valence electrons. The van der Waals surface area contributed by atoms with E-state index in [2.05, 4.69) is 22.2 Å². The van der Waals surface area contributed by atoms with Crippen LogP contribution in [0.4, 0.5) is 11.6 Å². The molecule has 2 aromatic rings. The van der Waals surface area contributed by atoms with Gasteiger partial charge in [0.15, 0.2) is 5.95 Å². The maximum absolute atomic E-state index is 11.8. The van der Waals surface area contributed by atoms with Gasteiger partial charge in [-0.05, 0) is 24.6 Å². The van der Waals surface area contributed by atoms with Gasteiger partial charge in [0.2, 0.25) is 5.91 Å². The summed E-state index contributed by atoms with van der Waals surface area (Å²) >= 11 is 0. The Bertz CT molecular complexity index is 567. The highest BCUT2D eigenvalue weighted by Crippen LogP contribution is 2.18. The van der Waals surface area contributed by atoms with Gasteiger partial charge in [-0.3, -0.25) is 4.79 Å². The molecule has 0 spiro atoms. The molecular formula is C14H21ClN4O. The molecule has 0 fully saturated rings. The van der Waals surface area contributed by atoms with Gasteiger partial charge in [-0.15, -0.1) is 12.4 Å². The summed E-state index contributed by atoms with van der Waals surface area (Å²) < 4.78 is 0. The predicted molar refractivity (Wildman–Crippen MR) is 85.1 cm³/mol. The first-order valence-corrected chi connectivity index (χ1v) is 6.74. The molecule has 0 saturated heterocycles. The lowest BCUT2D eigenvalue weighted by molar-refractivity contribution is -0.116.